The third kappa shape index (κ3) is 7.36. The van der Waals surface area contributed by atoms with Gasteiger partial charge in [-0.3, -0.25) is 4.79 Å². The second kappa shape index (κ2) is 12.2. The van der Waals surface area contributed by atoms with Crippen LogP contribution in [0.2, 0.25) is 0 Å². The minimum atomic E-state index is -3.56. The fraction of sp³-hybridized carbons (Fsp3) is 0.742. The fourth-order valence-electron chi connectivity index (χ4n) is 5.66. The van der Waals surface area contributed by atoms with Crippen molar-refractivity contribution in [3.8, 4) is 0 Å². The number of nitrogens with zero attached hydrogens (tertiary/aromatic N) is 2. The van der Waals surface area contributed by atoms with Gasteiger partial charge < -0.3 is 14.5 Å². The van der Waals surface area contributed by atoms with Crippen LogP contribution in [0.4, 0.5) is 4.79 Å². The molecule has 0 spiro atoms. The fourth-order valence-corrected chi connectivity index (χ4v) is 8.08. The molecule has 2 saturated heterocycles. The molecule has 8 heteroatoms. The van der Waals surface area contributed by atoms with Crippen molar-refractivity contribution in [2.75, 3.05) is 26.2 Å². The lowest BCUT2D eigenvalue weighted by Gasteiger charge is -2.37. The number of carbonyl (C=O) groups is 2. The molecule has 0 aromatic heterocycles. The molecule has 0 N–H and O–H groups in total. The maximum absolute atomic E-state index is 14.1. The first-order valence-electron chi connectivity index (χ1n) is 14.7. The van der Waals surface area contributed by atoms with Crippen molar-refractivity contribution in [3.05, 3.63) is 28.8 Å². The summed E-state index contributed by atoms with van der Waals surface area (Å²) in [6, 6.07) is 4.19. The van der Waals surface area contributed by atoms with Crippen molar-refractivity contribution >= 4 is 21.8 Å². The summed E-state index contributed by atoms with van der Waals surface area (Å²) in [6.45, 7) is 20.0. The van der Waals surface area contributed by atoms with Gasteiger partial charge in [0, 0.05) is 32.1 Å². The molecule has 0 bridgehead atoms. The Kier molecular flexibility index (Phi) is 9.83. The van der Waals surface area contributed by atoms with Crippen LogP contribution in [0.25, 0.3) is 0 Å². The molecule has 39 heavy (non-hydrogen) atoms. The molecule has 3 rings (SSSR count). The molecular formula is C31H50N2O5S. The number of benzene rings is 1. The highest BCUT2D eigenvalue weighted by molar-refractivity contribution is 7.92. The number of amides is 2. The number of hydrogen-bond donors (Lipinski definition) is 0. The monoisotopic (exact) mass is 562 g/mol. The molecule has 1 aromatic rings. The van der Waals surface area contributed by atoms with E-state index in [1.54, 1.807) is 4.90 Å². The van der Waals surface area contributed by atoms with Crippen molar-refractivity contribution in [2.45, 2.75) is 121 Å². The summed E-state index contributed by atoms with van der Waals surface area (Å²) in [5.41, 5.74) is 2.47. The summed E-state index contributed by atoms with van der Waals surface area (Å²) >= 11 is 0. The minimum Gasteiger partial charge on any atom is -0.444 e. The predicted octanol–water partition coefficient (Wildman–Crippen LogP) is 6.47. The largest absolute Gasteiger partial charge is 0.444 e. The van der Waals surface area contributed by atoms with Gasteiger partial charge in [0.25, 0.3) is 0 Å². The number of rotatable bonds is 6. The first-order valence-corrected chi connectivity index (χ1v) is 16.3. The van der Waals surface area contributed by atoms with Gasteiger partial charge in [-0.1, -0.05) is 53.7 Å². The average Bonchev–Trinajstić information content (AvgIpc) is 2.86. The smallest absolute Gasteiger partial charge is 0.410 e. The van der Waals surface area contributed by atoms with Crippen molar-refractivity contribution in [1.29, 1.82) is 0 Å². The van der Waals surface area contributed by atoms with E-state index in [4.69, 9.17) is 4.74 Å². The Labute approximate surface area is 236 Å². The maximum atomic E-state index is 14.1. The lowest BCUT2D eigenvalue weighted by atomic mass is 9.89. The Balaban J connectivity index is 1.70. The van der Waals surface area contributed by atoms with E-state index in [2.05, 4.69) is 53.7 Å². The summed E-state index contributed by atoms with van der Waals surface area (Å²) < 4.78 is 33.8. The highest BCUT2D eigenvalue weighted by atomic mass is 32.2. The Hall–Kier alpha value is -2.09. The molecule has 220 valence electrons. The van der Waals surface area contributed by atoms with Crippen LogP contribution in [0.1, 0.15) is 122 Å². The van der Waals surface area contributed by atoms with Gasteiger partial charge in [-0.2, -0.15) is 0 Å². The molecule has 2 heterocycles. The topological polar surface area (TPSA) is 84.0 Å². The Morgan fingerprint density at radius 2 is 1.26 bits per heavy atom. The van der Waals surface area contributed by atoms with E-state index in [1.807, 2.05) is 25.7 Å². The Morgan fingerprint density at radius 3 is 1.67 bits per heavy atom. The lowest BCUT2D eigenvalue weighted by Crippen LogP contribution is -2.48. The maximum Gasteiger partial charge on any atom is 0.410 e. The highest BCUT2D eigenvalue weighted by Gasteiger charge is 2.38. The molecule has 0 saturated carbocycles. The lowest BCUT2D eigenvalue weighted by molar-refractivity contribution is -0.138. The van der Waals surface area contributed by atoms with Crippen LogP contribution in [0.15, 0.2) is 17.0 Å². The highest BCUT2D eigenvalue weighted by Crippen LogP contribution is 2.38. The second-order valence-electron chi connectivity index (χ2n) is 13.3. The molecule has 2 amide bonds. The number of hydrogen-bond acceptors (Lipinski definition) is 5. The number of sulfone groups is 1. The van der Waals surface area contributed by atoms with Gasteiger partial charge in [-0.05, 0) is 80.9 Å². The zero-order valence-electron chi connectivity index (χ0n) is 25.5. The third-order valence-electron chi connectivity index (χ3n) is 8.05. The second-order valence-corrected chi connectivity index (χ2v) is 15.5. The van der Waals surface area contributed by atoms with E-state index >= 15 is 0 Å². The average molecular weight is 563 g/mol. The van der Waals surface area contributed by atoms with Crippen LogP contribution in [0, 0.1) is 5.92 Å². The normalized spacial score (nSPS) is 18.4. The minimum absolute atomic E-state index is 0.0849. The number of likely N-dealkylation sites (tertiary alicyclic amines) is 2. The summed E-state index contributed by atoms with van der Waals surface area (Å²) in [5.74, 6) is 0.461. The van der Waals surface area contributed by atoms with E-state index in [0.29, 0.717) is 62.7 Å². The van der Waals surface area contributed by atoms with Crippen LogP contribution in [0.5, 0.6) is 0 Å². The molecule has 0 aliphatic carbocycles. The van der Waals surface area contributed by atoms with E-state index in [1.165, 1.54) is 5.56 Å². The molecule has 7 nitrogen and oxygen atoms in total. The zero-order valence-corrected chi connectivity index (χ0v) is 26.4. The van der Waals surface area contributed by atoms with Crippen molar-refractivity contribution in [1.82, 2.24) is 9.80 Å². The number of carbonyl (C=O) groups excluding carboxylic acids is 2. The van der Waals surface area contributed by atoms with Crippen LogP contribution in [-0.4, -0.2) is 67.2 Å². The summed E-state index contributed by atoms with van der Waals surface area (Å²) in [7, 11) is -3.56. The standard InChI is InChI=1S/C31H50N2O5S/c1-20(2)24-18-26(21(3)4)28(27(19-24)22(5)6)39(36,37)25-12-16-32(17-13-25)29(34)23-10-14-33(15-11-23)30(35)38-31(7,8)9/h18-23,25H,10-17H2,1-9H3. The molecule has 2 aliphatic rings. The zero-order chi connectivity index (χ0) is 29.3. The van der Waals surface area contributed by atoms with Crippen molar-refractivity contribution in [3.63, 3.8) is 0 Å². The molecule has 0 radical (unpaired) electrons. The van der Waals surface area contributed by atoms with Gasteiger partial charge in [-0.15, -0.1) is 0 Å². The van der Waals surface area contributed by atoms with Crippen LogP contribution >= 0.6 is 0 Å². The van der Waals surface area contributed by atoms with E-state index in [0.717, 1.165) is 11.1 Å². The van der Waals surface area contributed by atoms with E-state index in [9.17, 15) is 18.0 Å². The van der Waals surface area contributed by atoms with E-state index in [-0.39, 0.29) is 29.8 Å². The van der Waals surface area contributed by atoms with Gasteiger partial charge in [-0.25, -0.2) is 13.2 Å². The van der Waals surface area contributed by atoms with Crippen LogP contribution in [0.3, 0.4) is 0 Å². The van der Waals surface area contributed by atoms with Crippen molar-refractivity contribution in [2.24, 2.45) is 5.92 Å². The quantitative estimate of drug-likeness (QED) is 0.397. The van der Waals surface area contributed by atoms with Gasteiger partial charge in [0.1, 0.15) is 5.60 Å². The summed E-state index contributed by atoms with van der Waals surface area (Å²) in [5, 5.41) is -0.490. The molecule has 0 atom stereocenters. The van der Waals surface area contributed by atoms with Crippen LogP contribution < -0.4 is 0 Å². The van der Waals surface area contributed by atoms with Gasteiger partial charge in [0.2, 0.25) is 5.91 Å². The predicted molar refractivity (Wildman–Crippen MR) is 156 cm³/mol. The Morgan fingerprint density at radius 1 is 0.795 bits per heavy atom. The molecular weight excluding hydrogens is 512 g/mol. The van der Waals surface area contributed by atoms with Gasteiger partial charge >= 0.3 is 6.09 Å². The summed E-state index contributed by atoms with van der Waals surface area (Å²) in [4.78, 5) is 29.7. The number of ether oxygens (including phenoxy) is 1. The molecule has 2 fully saturated rings. The van der Waals surface area contributed by atoms with Gasteiger partial charge in [0.15, 0.2) is 9.84 Å². The van der Waals surface area contributed by atoms with E-state index < -0.39 is 20.7 Å². The van der Waals surface area contributed by atoms with Gasteiger partial charge in [0.05, 0.1) is 10.1 Å². The SMILES string of the molecule is CC(C)c1cc(C(C)C)c(S(=O)(=O)C2CCN(C(=O)C3CCN(C(=O)OC(C)(C)C)CC3)CC2)c(C(C)C)c1. The Bertz CT molecular complexity index is 1100. The first-order chi connectivity index (χ1) is 18.0. The van der Waals surface area contributed by atoms with Crippen LogP contribution in [-0.2, 0) is 19.4 Å². The molecule has 2 aliphatic heterocycles. The molecule has 1 aromatic carbocycles. The summed E-state index contributed by atoms with van der Waals surface area (Å²) in [6.07, 6.45) is 1.78. The van der Waals surface area contributed by atoms with Crippen molar-refractivity contribution < 1.29 is 22.7 Å². The third-order valence-corrected chi connectivity index (χ3v) is 10.4. The molecule has 0 unspecified atom stereocenters. The number of piperidine rings is 2. The first kappa shape index (κ1) is 31.4.